The van der Waals surface area contributed by atoms with Crippen LogP contribution in [0, 0.1) is 0 Å². The molecule has 2 aromatic rings. The summed E-state index contributed by atoms with van der Waals surface area (Å²) in [6.45, 7) is 1.72. The summed E-state index contributed by atoms with van der Waals surface area (Å²) in [6, 6.07) is 15.5. The minimum atomic E-state index is -3.75. The Hall–Kier alpha value is -2.38. The van der Waals surface area contributed by atoms with Crippen LogP contribution in [-0.2, 0) is 14.8 Å². The molecular weight excluding hydrogens is 352 g/mol. The number of amides is 1. The zero-order valence-corrected chi connectivity index (χ0v) is 16.0. The summed E-state index contributed by atoms with van der Waals surface area (Å²) in [5, 5.41) is 2.89. The monoisotopic (exact) mass is 376 g/mol. The van der Waals surface area contributed by atoms with Gasteiger partial charge >= 0.3 is 0 Å². The molecule has 1 atom stereocenters. The fraction of sp³-hybridized carbons (Fsp3) is 0.316. The summed E-state index contributed by atoms with van der Waals surface area (Å²) in [5.41, 5.74) is 0.990. The molecule has 0 fully saturated rings. The van der Waals surface area contributed by atoms with Gasteiger partial charge in [-0.2, -0.15) is 4.31 Å². The molecule has 2 aromatic carbocycles. The highest BCUT2D eigenvalue weighted by atomic mass is 32.2. The van der Waals surface area contributed by atoms with Gasteiger partial charge in [-0.3, -0.25) is 4.79 Å². The molecule has 0 aliphatic carbocycles. The van der Waals surface area contributed by atoms with Gasteiger partial charge in [0.2, 0.25) is 15.9 Å². The predicted molar refractivity (Wildman–Crippen MR) is 100 cm³/mol. The Morgan fingerprint density at radius 3 is 2.27 bits per heavy atom. The molecule has 0 unspecified atom stereocenters. The second kappa shape index (κ2) is 8.82. The zero-order valence-electron chi connectivity index (χ0n) is 15.2. The van der Waals surface area contributed by atoms with Crippen molar-refractivity contribution in [2.75, 3.05) is 20.7 Å². The molecule has 2 rings (SSSR count). The average molecular weight is 376 g/mol. The second-order valence-corrected chi connectivity index (χ2v) is 7.92. The van der Waals surface area contributed by atoms with Crippen LogP contribution in [0.1, 0.15) is 24.9 Å². The number of hydrogen-bond donors (Lipinski definition) is 1. The molecule has 1 amide bonds. The number of methoxy groups -OCH3 is 1. The molecule has 0 spiro atoms. The van der Waals surface area contributed by atoms with Crippen LogP contribution in [-0.4, -0.2) is 39.3 Å². The number of sulfonamides is 1. The summed E-state index contributed by atoms with van der Waals surface area (Å²) in [7, 11) is -0.847. The molecule has 7 heteroatoms. The second-order valence-electron chi connectivity index (χ2n) is 5.88. The summed E-state index contributed by atoms with van der Waals surface area (Å²) >= 11 is 0. The van der Waals surface area contributed by atoms with Crippen molar-refractivity contribution in [1.29, 1.82) is 0 Å². The number of ether oxygens (including phenoxy) is 1. The number of nitrogens with zero attached hydrogens (tertiary/aromatic N) is 1. The van der Waals surface area contributed by atoms with Crippen molar-refractivity contribution in [2.45, 2.75) is 24.3 Å². The van der Waals surface area contributed by atoms with Gasteiger partial charge in [-0.25, -0.2) is 8.42 Å². The molecule has 26 heavy (non-hydrogen) atoms. The van der Waals surface area contributed by atoms with E-state index in [0.29, 0.717) is 12.2 Å². The van der Waals surface area contributed by atoms with E-state index in [1.54, 1.807) is 12.1 Å². The van der Waals surface area contributed by atoms with Crippen molar-refractivity contribution < 1.29 is 17.9 Å². The largest absolute Gasteiger partial charge is 0.497 e. The van der Waals surface area contributed by atoms with Gasteiger partial charge in [-0.05, 0) is 36.2 Å². The number of carbonyl (C=O) groups excluding carboxylic acids is 1. The quantitative estimate of drug-likeness (QED) is 0.768. The Morgan fingerprint density at radius 1 is 1.12 bits per heavy atom. The maximum atomic E-state index is 12.6. The zero-order chi connectivity index (χ0) is 19.2. The van der Waals surface area contributed by atoms with E-state index in [1.807, 2.05) is 37.3 Å². The molecule has 0 saturated carbocycles. The average Bonchev–Trinajstić information content (AvgIpc) is 2.66. The van der Waals surface area contributed by atoms with Gasteiger partial charge in [0.05, 0.1) is 24.6 Å². The van der Waals surface area contributed by atoms with Crippen LogP contribution in [0.4, 0.5) is 0 Å². The number of carbonyl (C=O) groups is 1. The van der Waals surface area contributed by atoms with Gasteiger partial charge < -0.3 is 10.1 Å². The van der Waals surface area contributed by atoms with E-state index in [9.17, 15) is 13.2 Å². The van der Waals surface area contributed by atoms with Crippen LogP contribution in [0.25, 0.3) is 0 Å². The molecule has 0 aliphatic rings. The van der Waals surface area contributed by atoms with Crippen LogP contribution in [0.15, 0.2) is 59.5 Å². The van der Waals surface area contributed by atoms with E-state index in [2.05, 4.69) is 5.32 Å². The topological polar surface area (TPSA) is 75.7 Å². The Labute approximate surface area is 154 Å². The van der Waals surface area contributed by atoms with E-state index in [1.165, 1.54) is 26.3 Å². The Morgan fingerprint density at radius 2 is 1.73 bits per heavy atom. The maximum Gasteiger partial charge on any atom is 0.243 e. The minimum absolute atomic E-state index is 0.115. The van der Waals surface area contributed by atoms with Crippen molar-refractivity contribution in [3.05, 3.63) is 60.2 Å². The van der Waals surface area contributed by atoms with Crippen LogP contribution < -0.4 is 10.1 Å². The molecule has 0 aliphatic heterocycles. The summed E-state index contributed by atoms with van der Waals surface area (Å²) in [4.78, 5) is 12.5. The van der Waals surface area contributed by atoms with E-state index in [0.717, 1.165) is 9.87 Å². The highest BCUT2D eigenvalue weighted by Crippen LogP contribution is 2.19. The van der Waals surface area contributed by atoms with Crippen LogP contribution in [0.2, 0.25) is 0 Å². The Bertz CT molecular complexity index is 820. The number of hydrogen-bond acceptors (Lipinski definition) is 4. The standard InChI is InChI=1S/C19H24N2O4S/c1-4-18(15-8-6-5-7-9-15)20-19(22)14-21(2)26(23,24)17-12-10-16(25-3)11-13-17/h5-13,18H,4,14H2,1-3H3,(H,20,22)/t18-/m1/s1. The first-order chi connectivity index (χ1) is 12.4. The van der Waals surface area contributed by atoms with Crippen LogP contribution >= 0.6 is 0 Å². The third-order valence-corrected chi connectivity index (χ3v) is 5.90. The number of rotatable bonds is 8. The fourth-order valence-electron chi connectivity index (χ4n) is 2.56. The van der Waals surface area contributed by atoms with Gasteiger partial charge in [-0.15, -0.1) is 0 Å². The van der Waals surface area contributed by atoms with E-state index in [-0.39, 0.29) is 23.4 Å². The summed E-state index contributed by atoms with van der Waals surface area (Å²) < 4.78 is 31.3. The van der Waals surface area contributed by atoms with E-state index in [4.69, 9.17) is 4.74 Å². The van der Waals surface area contributed by atoms with Crippen LogP contribution in [0.5, 0.6) is 5.75 Å². The van der Waals surface area contributed by atoms with E-state index < -0.39 is 10.0 Å². The van der Waals surface area contributed by atoms with Crippen molar-refractivity contribution >= 4 is 15.9 Å². The van der Waals surface area contributed by atoms with Gasteiger partial charge in [0, 0.05) is 7.05 Å². The third kappa shape index (κ3) is 4.83. The normalized spacial score (nSPS) is 12.6. The molecule has 140 valence electrons. The summed E-state index contributed by atoms with van der Waals surface area (Å²) in [5.74, 6) is 0.221. The first kappa shape index (κ1) is 19.9. The highest BCUT2D eigenvalue weighted by molar-refractivity contribution is 7.89. The molecule has 6 nitrogen and oxygen atoms in total. The molecule has 0 bridgehead atoms. The molecule has 0 radical (unpaired) electrons. The maximum absolute atomic E-state index is 12.6. The van der Waals surface area contributed by atoms with Gasteiger partial charge in [-0.1, -0.05) is 37.3 Å². The molecule has 0 saturated heterocycles. The number of likely N-dealkylation sites (N-methyl/N-ethyl adjacent to an activating group) is 1. The minimum Gasteiger partial charge on any atom is -0.497 e. The van der Waals surface area contributed by atoms with Crippen molar-refractivity contribution in [1.82, 2.24) is 9.62 Å². The number of nitrogens with one attached hydrogen (secondary N) is 1. The van der Waals surface area contributed by atoms with E-state index >= 15 is 0 Å². The van der Waals surface area contributed by atoms with Gasteiger partial charge in [0.1, 0.15) is 5.75 Å². The smallest absolute Gasteiger partial charge is 0.243 e. The van der Waals surface area contributed by atoms with Gasteiger partial charge in [0.15, 0.2) is 0 Å². The first-order valence-electron chi connectivity index (χ1n) is 8.33. The Balaban J connectivity index is 2.05. The third-order valence-electron chi connectivity index (χ3n) is 4.08. The SMILES string of the molecule is CC[C@@H](NC(=O)CN(C)S(=O)(=O)c1ccc(OC)cc1)c1ccccc1. The van der Waals surface area contributed by atoms with Crippen molar-refractivity contribution in [3.8, 4) is 5.75 Å². The first-order valence-corrected chi connectivity index (χ1v) is 9.77. The lowest BCUT2D eigenvalue weighted by molar-refractivity contribution is -0.121. The lowest BCUT2D eigenvalue weighted by Gasteiger charge is -2.21. The fourth-order valence-corrected chi connectivity index (χ4v) is 3.69. The van der Waals surface area contributed by atoms with Crippen LogP contribution in [0.3, 0.4) is 0 Å². The van der Waals surface area contributed by atoms with Gasteiger partial charge in [0.25, 0.3) is 0 Å². The van der Waals surface area contributed by atoms with Crippen molar-refractivity contribution in [2.24, 2.45) is 0 Å². The van der Waals surface area contributed by atoms with Crippen molar-refractivity contribution in [3.63, 3.8) is 0 Å². The molecule has 0 aromatic heterocycles. The Kier molecular flexibility index (Phi) is 6.76. The highest BCUT2D eigenvalue weighted by Gasteiger charge is 2.24. The lowest BCUT2D eigenvalue weighted by Crippen LogP contribution is -2.39. The molecule has 0 heterocycles. The summed E-state index contributed by atoms with van der Waals surface area (Å²) in [6.07, 6.45) is 0.713. The number of benzene rings is 2. The lowest BCUT2D eigenvalue weighted by atomic mass is 10.0. The predicted octanol–water partition coefficient (Wildman–Crippen LogP) is 2.58. The molecule has 1 N–H and O–H groups in total. The molecular formula is C19H24N2O4S.